The number of anilines is 1. The molecule has 94 valence electrons. The number of amides is 2. The van der Waals surface area contributed by atoms with Gasteiger partial charge in [-0.15, -0.1) is 0 Å². The summed E-state index contributed by atoms with van der Waals surface area (Å²) >= 11 is 0. The molecule has 17 heavy (non-hydrogen) atoms. The van der Waals surface area contributed by atoms with Gasteiger partial charge in [-0.05, 0) is 31.5 Å². The van der Waals surface area contributed by atoms with Crippen LogP contribution in [0, 0.1) is 5.82 Å². The first-order valence-corrected chi connectivity index (χ1v) is 5.45. The second-order valence-electron chi connectivity index (χ2n) is 4.00. The van der Waals surface area contributed by atoms with Gasteiger partial charge in [-0.2, -0.15) is 0 Å². The first-order valence-electron chi connectivity index (χ1n) is 5.45. The largest absolute Gasteiger partial charge is 0.393 e. The molecule has 1 atom stereocenters. The highest BCUT2D eigenvalue weighted by atomic mass is 19.1. The minimum Gasteiger partial charge on any atom is -0.393 e. The standard InChI is InChI=1S/C12H17FN2O2/c1-9(16)6-7-15(2)12(17)14-11-5-3-4-10(13)8-11/h3-5,8-9,16H,6-7H2,1-2H3,(H,14,17)/t9-/m0/s1. The van der Waals surface area contributed by atoms with E-state index in [4.69, 9.17) is 5.11 Å². The quantitative estimate of drug-likeness (QED) is 0.846. The molecule has 0 aliphatic carbocycles. The minimum absolute atomic E-state index is 0.323. The Morgan fingerprint density at radius 3 is 2.88 bits per heavy atom. The fraction of sp³-hybridized carbons (Fsp3) is 0.417. The Morgan fingerprint density at radius 1 is 1.59 bits per heavy atom. The number of aliphatic hydroxyl groups is 1. The second kappa shape index (κ2) is 6.20. The number of hydrogen-bond acceptors (Lipinski definition) is 2. The van der Waals surface area contributed by atoms with Crippen molar-refractivity contribution in [1.29, 1.82) is 0 Å². The lowest BCUT2D eigenvalue weighted by Crippen LogP contribution is -2.33. The number of rotatable bonds is 4. The molecule has 0 heterocycles. The molecule has 4 nitrogen and oxygen atoms in total. The van der Waals surface area contributed by atoms with Gasteiger partial charge in [-0.1, -0.05) is 6.07 Å². The number of aliphatic hydroxyl groups excluding tert-OH is 1. The van der Waals surface area contributed by atoms with Crippen LogP contribution in [0.3, 0.4) is 0 Å². The number of carbonyl (C=O) groups is 1. The van der Waals surface area contributed by atoms with Crippen molar-refractivity contribution in [2.75, 3.05) is 18.9 Å². The van der Waals surface area contributed by atoms with Crippen LogP contribution in [0.4, 0.5) is 14.9 Å². The maximum absolute atomic E-state index is 12.9. The topological polar surface area (TPSA) is 52.6 Å². The van der Waals surface area contributed by atoms with Gasteiger partial charge >= 0.3 is 6.03 Å². The predicted octanol–water partition coefficient (Wildman–Crippen LogP) is 2.06. The Hall–Kier alpha value is -1.62. The molecule has 0 aliphatic rings. The summed E-state index contributed by atoms with van der Waals surface area (Å²) in [7, 11) is 1.62. The van der Waals surface area contributed by atoms with Crippen LogP contribution in [0.5, 0.6) is 0 Å². The van der Waals surface area contributed by atoms with Gasteiger partial charge in [0.25, 0.3) is 0 Å². The Morgan fingerprint density at radius 2 is 2.29 bits per heavy atom. The van der Waals surface area contributed by atoms with Gasteiger partial charge in [0.2, 0.25) is 0 Å². The van der Waals surface area contributed by atoms with Crippen molar-refractivity contribution in [3.63, 3.8) is 0 Å². The average Bonchev–Trinajstić information content (AvgIpc) is 2.25. The molecule has 0 spiro atoms. The molecule has 0 fully saturated rings. The SMILES string of the molecule is C[C@H](O)CCN(C)C(=O)Nc1cccc(F)c1. The summed E-state index contributed by atoms with van der Waals surface area (Å²) in [4.78, 5) is 13.1. The molecule has 0 aromatic heterocycles. The van der Waals surface area contributed by atoms with E-state index >= 15 is 0 Å². The first-order chi connectivity index (χ1) is 7.99. The molecule has 0 saturated heterocycles. The molecule has 0 saturated carbocycles. The van der Waals surface area contributed by atoms with Crippen LogP contribution in [0.25, 0.3) is 0 Å². The molecule has 0 radical (unpaired) electrons. The number of halogens is 1. The van der Waals surface area contributed by atoms with E-state index in [2.05, 4.69) is 5.32 Å². The summed E-state index contributed by atoms with van der Waals surface area (Å²) in [5, 5.41) is 11.7. The summed E-state index contributed by atoms with van der Waals surface area (Å²) in [6.45, 7) is 2.11. The summed E-state index contributed by atoms with van der Waals surface area (Å²) in [6.07, 6.45) is 0.0620. The fourth-order valence-electron chi connectivity index (χ4n) is 1.27. The zero-order valence-electron chi connectivity index (χ0n) is 9.98. The summed E-state index contributed by atoms with van der Waals surface area (Å²) < 4.78 is 12.9. The molecule has 1 aromatic rings. The van der Waals surface area contributed by atoms with Gasteiger partial charge in [0.05, 0.1) is 6.10 Å². The van der Waals surface area contributed by atoms with E-state index in [1.807, 2.05) is 0 Å². The number of carbonyl (C=O) groups excluding carboxylic acids is 1. The van der Waals surface area contributed by atoms with Crippen LogP contribution < -0.4 is 5.32 Å². The molecule has 1 rings (SSSR count). The maximum Gasteiger partial charge on any atom is 0.321 e. The predicted molar refractivity (Wildman–Crippen MR) is 64.3 cm³/mol. The molecule has 0 aliphatic heterocycles. The Bertz CT molecular complexity index is 383. The van der Waals surface area contributed by atoms with Crippen molar-refractivity contribution < 1.29 is 14.3 Å². The number of nitrogens with zero attached hydrogens (tertiary/aromatic N) is 1. The van der Waals surface area contributed by atoms with Gasteiger partial charge in [0, 0.05) is 19.3 Å². The van der Waals surface area contributed by atoms with Crippen molar-refractivity contribution in [2.24, 2.45) is 0 Å². The first kappa shape index (κ1) is 13.4. The summed E-state index contributed by atoms with van der Waals surface area (Å²) in [6, 6.07) is 5.38. The summed E-state index contributed by atoms with van der Waals surface area (Å²) in [5.74, 6) is -0.394. The molecular weight excluding hydrogens is 223 g/mol. The number of urea groups is 1. The molecule has 1 aromatic carbocycles. The van der Waals surface area contributed by atoms with E-state index in [1.54, 1.807) is 20.0 Å². The van der Waals surface area contributed by atoms with E-state index in [9.17, 15) is 9.18 Å². The fourth-order valence-corrected chi connectivity index (χ4v) is 1.27. The molecule has 2 amide bonds. The Balaban J connectivity index is 2.48. The van der Waals surface area contributed by atoms with Crippen LogP contribution >= 0.6 is 0 Å². The van der Waals surface area contributed by atoms with E-state index in [0.717, 1.165) is 0 Å². The zero-order chi connectivity index (χ0) is 12.8. The molecular formula is C12H17FN2O2. The van der Waals surface area contributed by atoms with Crippen molar-refractivity contribution >= 4 is 11.7 Å². The Kier molecular flexibility index (Phi) is 4.90. The van der Waals surface area contributed by atoms with E-state index in [1.165, 1.54) is 23.1 Å². The summed E-state index contributed by atoms with van der Waals surface area (Å²) in [5.41, 5.74) is 0.416. The number of hydrogen-bond donors (Lipinski definition) is 2. The third-order valence-electron chi connectivity index (χ3n) is 2.30. The van der Waals surface area contributed by atoms with E-state index in [0.29, 0.717) is 18.7 Å². The smallest absolute Gasteiger partial charge is 0.321 e. The highest BCUT2D eigenvalue weighted by Gasteiger charge is 2.09. The Labute approximate surface area is 100 Å². The number of nitrogens with one attached hydrogen (secondary N) is 1. The molecule has 0 unspecified atom stereocenters. The van der Waals surface area contributed by atoms with Crippen molar-refractivity contribution in [1.82, 2.24) is 4.90 Å². The van der Waals surface area contributed by atoms with E-state index < -0.39 is 11.9 Å². The monoisotopic (exact) mass is 240 g/mol. The van der Waals surface area contributed by atoms with Crippen molar-refractivity contribution in [3.05, 3.63) is 30.1 Å². The third-order valence-corrected chi connectivity index (χ3v) is 2.30. The third kappa shape index (κ3) is 4.82. The van der Waals surface area contributed by atoms with Crippen LogP contribution in [-0.2, 0) is 0 Å². The lowest BCUT2D eigenvalue weighted by Gasteiger charge is -2.18. The van der Waals surface area contributed by atoms with Crippen LogP contribution in [-0.4, -0.2) is 35.7 Å². The minimum atomic E-state index is -0.445. The number of benzene rings is 1. The van der Waals surface area contributed by atoms with Crippen LogP contribution in [0.2, 0.25) is 0 Å². The lowest BCUT2D eigenvalue weighted by atomic mass is 10.3. The van der Waals surface area contributed by atoms with Crippen LogP contribution in [0.1, 0.15) is 13.3 Å². The van der Waals surface area contributed by atoms with Gasteiger partial charge in [0.1, 0.15) is 5.82 Å². The lowest BCUT2D eigenvalue weighted by molar-refractivity contribution is 0.167. The van der Waals surface area contributed by atoms with Crippen LogP contribution in [0.15, 0.2) is 24.3 Å². The van der Waals surface area contributed by atoms with Crippen molar-refractivity contribution in [2.45, 2.75) is 19.4 Å². The normalized spacial score (nSPS) is 12.0. The zero-order valence-corrected chi connectivity index (χ0v) is 9.98. The van der Waals surface area contributed by atoms with E-state index in [-0.39, 0.29) is 6.03 Å². The maximum atomic E-state index is 12.9. The average molecular weight is 240 g/mol. The molecule has 0 bridgehead atoms. The second-order valence-corrected chi connectivity index (χ2v) is 4.00. The molecule has 2 N–H and O–H groups in total. The van der Waals surface area contributed by atoms with Crippen molar-refractivity contribution in [3.8, 4) is 0 Å². The molecule has 5 heteroatoms. The van der Waals surface area contributed by atoms with Gasteiger partial charge in [0.15, 0.2) is 0 Å². The van der Waals surface area contributed by atoms with Gasteiger partial charge < -0.3 is 15.3 Å². The highest BCUT2D eigenvalue weighted by molar-refractivity contribution is 5.89. The van der Waals surface area contributed by atoms with Gasteiger partial charge in [-0.25, -0.2) is 9.18 Å². The highest BCUT2D eigenvalue weighted by Crippen LogP contribution is 2.09. The van der Waals surface area contributed by atoms with Gasteiger partial charge in [-0.3, -0.25) is 0 Å².